The van der Waals surface area contributed by atoms with E-state index in [9.17, 15) is 14.9 Å². The molecule has 3 heterocycles. The molecule has 2 aliphatic heterocycles. The van der Waals surface area contributed by atoms with Crippen molar-refractivity contribution in [3.05, 3.63) is 65.4 Å². The number of rotatable bonds is 4. The molecular formula is C28H31N5O3. The monoisotopic (exact) mass is 485 g/mol. The Morgan fingerprint density at radius 3 is 2.17 bits per heavy atom. The van der Waals surface area contributed by atoms with Crippen molar-refractivity contribution < 1.29 is 14.3 Å². The van der Waals surface area contributed by atoms with Crippen molar-refractivity contribution in [2.75, 3.05) is 52.5 Å². The normalized spacial score (nSPS) is 16.9. The van der Waals surface area contributed by atoms with Crippen LogP contribution >= 0.6 is 0 Å². The maximum Gasteiger partial charge on any atom is 0.271 e. The van der Waals surface area contributed by atoms with E-state index in [2.05, 4.69) is 24.8 Å². The molecule has 2 aromatic carbocycles. The molecule has 0 spiro atoms. The third-order valence-electron chi connectivity index (χ3n) is 7.15. The SMILES string of the molecule is CC(C)N1CCN(C(=O)c2ccc3c(c2)cc(C(=O)N2CCOCC2)n3-c2ccc(C#N)cc2)CC1. The maximum absolute atomic E-state index is 13.6. The van der Waals surface area contributed by atoms with Gasteiger partial charge in [-0.1, -0.05) is 0 Å². The lowest BCUT2D eigenvalue weighted by molar-refractivity contribution is 0.0298. The van der Waals surface area contributed by atoms with Crippen molar-refractivity contribution >= 4 is 22.7 Å². The molecular weight excluding hydrogens is 454 g/mol. The molecule has 186 valence electrons. The van der Waals surface area contributed by atoms with Crippen molar-refractivity contribution in [3.8, 4) is 11.8 Å². The highest BCUT2D eigenvalue weighted by molar-refractivity contribution is 6.03. The Hall–Kier alpha value is -3.67. The van der Waals surface area contributed by atoms with Crippen molar-refractivity contribution in [3.63, 3.8) is 0 Å². The summed E-state index contributed by atoms with van der Waals surface area (Å²) < 4.78 is 7.35. The lowest BCUT2D eigenvalue weighted by Crippen LogP contribution is -2.50. The first-order valence-electron chi connectivity index (χ1n) is 12.5. The summed E-state index contributed by atoms with van der Waals surface area (Å²) in [6.07, 6.45) is 0. The van der Waals surface area contributed by atoms with Gasteiger partial charge >= 0.3 is 0 Å². The lowest BCUT2D eigenvalue weighted by atomic mass is 10.1. The highest BCUT2D eigenvalue weighted by Crippen LogP contribution is 2.28. The van der Waals surface area contributed by atoms with E-state index >= 15 is 0 Å². The summed E-state index contributed by atoms with van der Waals surface area (Å²) in [7, 11) is 0. The first kappa shape index (κ1) is 24.0. The van der Waals surface area contributed by atoms with Gasteiger partial charge in [0.15, 0.2) is 0 Å². The maximum atomic E-state index is 13.6. The van der Waals surface area contributed by atoms with E-state index in [0.717, 1.165) is 29.7 Å². The number of fused-ring (bicyclic) bond motifs is 1. The van der Waals surface area contributed by atoms with Crippen molar-refractivity contribution in [1.82, 2.24) is 19.3 Å². The largest absolute Gasteiger partial charge is 0.378 e. The number of nitrogens with zero attached hydrogens (tertiary/aromatic N) is 5. The van der Waals surface area contributed by atoms with Gasteiger partial charge in [0, 0.05) is 61.9 Å². The van der Waals surface area contributed by atoms with Gasteiger partial charge in [-0.2, -0.15) is 5.26 Å². The van der Waals surface area contributed by atoms with Crippen LogP contribution in [0.1, 0.15) is 40.3 Å². The van der Waals surface area contributed by atoms with Crippen LogP contribution in [0.25, 0.3) is 16.6 Å². The number of hydrogen-bond acceptors (Lipinski definition) is 5. The van der Waals surface area contributed by atoms with Crippen molar-refractivity contribution in [2.24, 2.45) is 0 Å². The highest BCUT2D eigenvalue weighted by Gasteiger charge is 2.26. The van der Waals surface area contributed by atoms with Crippen LogP contribution in [0.15, 0.2) is 48.5 Å². The van der Waals surface area contributed by atoms with Crippen LogP contribution < -0.4 is 0 Å². The molecule has 0 bridgehead atoms. The Kier molecular flexibility index (Phi) is 6.77. The van der Waals surface area contributed by atoms with Gasteiger partial charge in [-0.3, -0.25) is 14.5 Å². The van der Waals surface area contributed by atoms with E-state index in [0.29, 0.717) is 62.3 Å². The minimum atomic E-state index is -0.0726. The minimum Gasteiger partial charge on any atom is -0.378 e. The van der Waals surface area contributed by atoms with Crippen molar-refractivity contribution in [2.45, 2.75) is 19.9 Å². The first-order valence-corrected chi connectivity index (χ1v) is 12.5. The Balaban J connectivity index is 1.51. The number of carbonyl (C=O) groups is 2. The average Bonchev–Trinajstić information content (AvgIpc) is 3.31. The van der Waals surface area contributed by atoms with Gasteiger partial charge in [-0.15, -0.1) is 0 Å². The quantitative estimate of drug-likeness (QED) is 0.567. The zero-order valence-electron chi connectivity index (χ0n) is 20.8. The summed E-state index contributed by atoms with van der Waals surface area (Å²) in [6, 6.07) is 17.3. The van der Waals surface area contributed by atoms with Gasteiger partial charge < -0.3 is 19.1 Å². The molecule has 0 atom stereocenters. The number of hydrogen-bond donors (Lipinski definition) is 0. The number of aromatic nitrogens is 1. The fourth-order valence-corrected chi connectivity index (χ4v) is 5.02. The lowest BCUT2D eigenvalue weighted by Gasteiger charge is -2.37. The van der Waals surface area contributed by atoms with E-state index in [1.807, 2.05) is 45.9 Å². The fourth-order valence-electron chi connectivity index (χ4n) is 5.02. The van der Waals surface area contributed by atoms with Gasteiger partial charge in [-0.05, 0) is 62.4 Å². The second kappa shape index (κ2) is 10.1. The number of ether oxygens (including phenoxy) is 1. The summed E-state index contributed by atoms with van der Waals surface area (Å²) in [5, 5.41) is 10.0. The molecule has 3 aromatic rings. The molecule has 0 unspecified atom stereocenters. The molecule has 8 nitrogen and oxygen atoms in total. The predicted octanol–water partition coefficient (Wildman–Crippen LogP) is 3.14. The van der Waals surface area contributed by atoms with Gasteiger partial charge in [0.25, 0.3) is 11.8 Å². The minimum absolute atomic E-state index is 0.0208. The summed E-state index contributed by atoms with van der Waals surface area (Å²) in [5.74, 6) is -0.0518. The Bertz CT molecular complexity index is 1310. The molecule has 1 aromatic heterocycles. The number of nitriles is 1. The van der Waals surface area contributed by atoms with Gasteiger partial charge in [-0.25, -0.2) is 0 Å². The van der Waals surface area contributed by atoms with Crippen LogP contribution in [0.2, 0.25) is 0 Å². The fraction of sp³-hybridized carbons (Fsp3) is 0.393. The van der Waals surface area contributed by atoms with E-state index in [1.54, 1.807) is 17.0 Å². The van der Waals surface area contributed by atoms with E-state index in [4.69, 9.17) is 4.74 Å². The molecule has 2 saturated heterocycles. The molecule has 5 rings (SSSR count). The summed E-state index contributed by atoms with van der Waals surface area (Å²) in [5.41, 5.74) is 3.36. The molecule has 8 heteroatoms. The second-order valence-corrected chi connectivity index (χ2v) is 9.62. The smallest absolute Gasteiger partial charge is 0.271 e. The topological polar surface area (TPSA) is 81.8 Å². The van der Waals surface area contributed by atoms with E-state index < -0.39 is 0 Å². The molecule has 0 N–H and O–H groups in total. The van der Waals surface area contributed by atoms with E-state index in [1.165, 1.54) is 0 Å². The Morgan fingerprint density at radius 1 is 0.861 bits per heavy atom. The van der Waals surface area contributed by atoms with Crippen LogP contribution in [-0.2, 0) is 4.74 Å². The van der Waals surface area contributed by atoms with Crippen LogP contribution in [0.4, 0.5) is 0 Å². The molecule has 0 aliphatic carbocycles. The van der Waals surface area contributed by atoms with Crippen LogP contribution in [0.3, 0.4) is 0 Å². The number of piperazine rings is 1. The Labute approximate surface area is 211 Å². The summed E-state index contributed by atoms with van der Waals surface area (Å²) >= 11 is 0. The number of morpholine rings is 1. The highest BCUT2D eigenvalue weighted by atomic mass is 16.5. The van der Waals surface area contributed by atoms with Crippen LogP contribution in [0, 0.1) is 11.3 Å². The average molecular weight is 486 g/mol. The Morgan fingerprint density at radius 2 is 1.53 bits per heavy atom. The first-order chi connectivity index (χ1) is 17.5. The third kappa shape index (κ3) is 4.60. The van der Waals surface area contributed by atoms with Gasteiger partial charge in [0.05, 0.1) is 30.4 Å². The van der Waals surface area contributed by atoms with Gasteiger partial charge in [0.1, 0.15) is 5.69 Å². The molecule has 36 heavy (non-hydrogen) atoms. The predicted molar refractivity (Wildman–Crippen MR) is 137 cm³/mol. The van der Waals surface area contributed by atoms with Crippen LogP contribution in [0.5, 0.6) is 0 Å². The second-order valence-electron chi connectivity index (χ2n) is 9.62. The van der Waals surface area contributed by atoms with Crippen molar-refractivity contribution in [1.29, 1.82) is 5.26 Å². The van der Waals surface area contributed by atoms with Gasteiger partial charge in [0.2, 0.25) is 0 Å². The zero-order chi connectivity index (χ0) is 25.2. The molecule has 0 saturated carbocycles. The van der Waals surface area contributed by atoms with E-state index in [-0.39, 0.29) is 11.8 Å². The van der Waals surface area contributed by atoms with Crippen LogP contribution in [-0.4, -0.2) is 89.6 Å². The third-order valence-corrected chi connectivity index (χ3v) is 7.15. The molecule has 2 aliphatic rings. The zero-order valence-corrected chi connectivity index (χ0v) is 20.8. The number of amides is 2. The molecule has 0 radical (unpaired) electrons. The number of carbonyl (C=O) groups excluding carboxylic acids is 2. The standard InChI is InChI=1S/C28H31N5O3/c1-20(2)30-9-11-31(12-10-30)27(34)22-5-8-25-23(17-22)18-26(28(35)32-13-15-36-16-14-32)33(25)24-6-3-21(19-29)4-7-24/h3-8,17-18,20H,9-16H2,1-2H3. The summed E-state index contributed by atoms with van der Waals surface area (Å²) in [4.78, 5) is 33.0. The summed E-state index contributed by atoms with van der Waals surface area (Å²) in [6.45, 7) is 9.65. The number of benzene rings is 2. The molecule has 2 amide bonds. The molecule has 2 fully saturated rings.